The molecule has 0 aromatic heterocycles. The van der Waals surface area contributed by atoms with E-state index in [-0.39, 0.29) is 0 Å². The Bertz CT molecular complexity index is 66.6. The van der Waals surface area contributed by atoms with Crippen molar-refractivity contribution >= 4 is 0 Å². The first-order valence-corrected chi connectivity index (χ1v) is 3.31. The maximum atomic E-state index is 6.59. The molecule has 0 atom stereocenters. The van der Waals surface area contributed by atoms with Crippen LogP contribution in [-0.2, 0) is 0 Å². The second-order valence-electron chi connectivity index (χ2n) is 1.99. The summed E-state index contributed by atoms with van der Waals surface area (Å²) < 4.78 is 0. The zero-order valence-corrected chi connectivity index (χ0v) is 5.54. The zero-order valence-electron chi connectivity index (χ0n) is 5.54. The third kappa shape index (κ3) is 5.78. The Labute approximate surface area is 52.3 Å². The molecule has 0 bridgehead atoms. The Hall–Kier alpha value is -0.220. The molecular weight excluding hydrogens is 96.1 g/mol. The molecule has 0 heteroatoms. The third-order valence-corrected chi connectivity index (χ3v) is 1.16. The van der Waals surface area contributed by atoms with E-state index in [1.807, 2.05) is 0 Å². The van der Waals surface area contributed by atoms with Gasteiger partial charge in [0.15, 0.2) is 0 Å². The molecule has 0 unspecified atom stereocenters. The molecule has 0 aromatic carbocycles. The number of unbranched alkanes of at least 4 members (excludes halogenated alkanes) is 4. The Balaban J connectivity index is 2.65. The molecule has 0 aromatic rings. The van der Waals surface area contributed by atoms with E-state index in [0.717, 1.165) is 12.8 Å². The zero-order chi connectivity index (χ0) is 6.24. The quantitative estimate of drug-likeness (QED) is 0.295. The summed E-state index contributed by atoms with van der Waals surface area (Å²) in [6, 6.07) is 0. The molecule has 0 aliphatic rings. The van der Waals surface area contributed by atoms with Crippen LogP contribution < -0.4 is 0 Å². The van der Waals surface area contributed by atoms with Gasteiger partial charge in [-0.15, -0.1) is 0 Å². The fourth-order valence-corrected chi connectivity index (χ4v) is 0.640. The molecule has 44 valence electrons. The summed E-state index contributed by atoms with van der Waals surface area (Å²) in [5.74, 6) is 2.38. The average Bonchev–Trinajstić information content (AvgIpc) is 1.81. The van der Waals surface area contributed by atoms with Crippen molar-refractivity contribution in [3.05, 3.63) is 6.42 Å². The van der Waals surface area contributed by atoms with Gasteiger partial charge >= 0.3 is 51.4 Å². The van der Waals surface area contributed by atoms with Crippen molar-refractivity contribution in [1.29, 1.82) is 0 Å². The van der Waals surface area contributed by atoms with E-state index in [1.165, 1.54) is 19.3 Å². The SMILES string of the molecule is [C+]#CCCCCCC. The van der Waals surface area contributed by atoms with Crippen LogP contribution in [0.1, 0.15) is 39.0 Å². The standard InChI is InChI=1S/C8H13/c1-3-5-7-8-6-4-2/h3,5-8H2,1H3/q+1. The average molecular weight is 109 g/mol. The van der Waals surface area contributed by atoms with Crippen LogP contribution in [0.2, 0.25) is 0 Å². The minimum absolute atomic E-state index is 0.847. The van der Waals surface area contributed by atoms with Crippen LogP contribution in [0, 0.1) is 12.3 Å². The van der Waals surface area contributed by atoms with Gasteiger partial charge in [0, 0.05) is 0 Å². The summed E-state index contributed by atoms with van der Waals surface area (Å²) in [7, 11) is 0. The molecule has 0 nitrogen and oxygen atoms in total. The fraction of sp³-hybridized carbons (Fsp3) is 0.750. The number of rotatable bonds is 4. The van der Waals surface area contributed by atoms with Gasteiger partial charge in [-0.25, -0.2) is 0 Å². The molecule has 0 N–H and O–H groups in total. The van der Waals surface area contributed by atoms with E-state index in [1.54, 1.807) is 0 Å². The Morgan fingerprint density at radius 3 is 2.50 bits per heavy atom. The van der Waals surface area contributed by atoms with Gasteiger partial charge < -0.3 is 0 Å². The van der Waals surface area contributed by atoms with Crippen LogP contribution in [0.3, 0.4) is 0 Å². The molecule has 0 aliphatic heterocycles. The Kier molecular flexibility index (Phi) is 6.59. The van der Waals surface area contributed by atoms with Gasteiger partial charge in [0.25, 0.3) is 0 Å². The first-order chi connectivity index (χ1) is 3.91. The van der Waals surface area contributed by atoms with Crippen LogP contribution in [0.4, 0.5) is 0 Å². The van der Waals surface area contributed by atoms with Crippen LogP contribution >= 0.6 is 0 Å². The van der Waals surface area contributed by atoms with Gasteiger partial charge in [-0.3, -0.25) is 0 Å². The van der Waals surface area contributed by atoms with Crippen LogP contribution in [-0.4, -0.2) is 0 Å². The molecule has 0 saturated heterocycles. The van der Waals surface area contributed by atoms with Crippen molar-refractivity contribution in [2.45, 2.75) is 39.0 Å². The van der Waals surface area contributed by atoms with Gasteiger partial charge in [-0.05, 0) is 0 Å². The van der Waals surface area contributed by atoms with E-state index in [2.05, 4.69) is 12.8 Å². The Morgan fingerprint density at radius 2 is 2.00 bits per heavy atom. The second-order valence-corrected chi connectivity index (χ2v) is 1.99. The molecule has 0 aliphatic carbocycles. The molecule has 0 fully saturated rings. The van der Waals surface area contributed by atoms with E-state index in [4.69, 9.17) is 6.42 Å². The summed E-state index contributed by atoms with van der Waals surface area (Å²) in [6.07, 6.45) is 12.4. The van der Waals surface area contributed by atoms with Gasteiger partial charge in [-0.1, -0.05) is 0 Å². The van der Waals surface area contributed by atoms with Gasteiger partial charge in [0.1, 0.15) is 0 Å². The maximum absolute atomic E-state index is 6.59. The first kappa shape index (κ1) is 7.78. The number of hydrogen-bond acceptors (Lipinski definition) is 0. The van der Waals surface area contributed by atoms with Crippen molar-refractivity contribution in [2.75, 3.05) is 0 Å². The molecule has 0 radical (unpaired) electrons. The molecule has 0 amide bonds. The first-order valence-electron chi connectivity index (χ1n) is 3.31. The molecule has 8 heavy (non-hydrogen) atoms. The Morgan fingerprint density at radius 1 is 1.25 bits per heavy atom. The van der Waals surface area contributed by atoms with E-state index in [0.29, 0.717) is 0 Å². The molecule has 0 saturated carbocycles. The summed E-state index contributed by atoms with van der Waals surface area (Å²) in [5.41, 5.74) is 0. The molecule has 0 heterocycles. The van der Waals surface area contributed by atoms with Crippen molar-refractivity contribution in [2.24, 2.45) is 0 Å². The normalized spacial score (nSPS) is 8.88. The number of hydrogen-bond donors (Lipinski definition) is 0. The van der Waals surface area contributed by atoms with E-state index < -0.39 is 0 Å². The van der Waals surface area contributed by atoms with E-state index in [9.17, 15) is 0 Å². The van der Waals surface area contributed by atoms with Crippen LogP contribution in [0.5, 0.6) is 0 Å². The molecular formula is C8H13+. The summed E-state index contributed by atoms with van der Waals surface area (Å²) >= 11 is 0. The minimum atomic E-state index is 0.847. The predicted octanol–water partition coefficient (Wildman–Crippen LogP) is 2.55. The van der Waals surface area contributed by atoms with Crippen LogP contribution in [0.25, 0.3) is 0 Å². The van der Waals surface area contributed by atoms with Crippen molar-refractivity contribution in [3.8, 4) is 5.92 Å². The summed E-state index contributed by atoms with van der Waals surface area (Å²) in [6.45, 7) is 2.19. The summed E-state index contributed by atoms with van der Waals surface area (Å²) in [5, 5.41) is 0. The molecule has 0 rings (SSSR count). The van der Waals surface area contributed by atoms with E-state index >= 15 is 0 Å². The summed E-state index contributed by atoms with van der Waals surface area (Å²) in [4.78, 5) is 0. The van der Waals surface area contributed by atoms with Gasteiger partial charge in [0.2, 0.25) is 0 Å². The van der Waals surface area contributed by atoms with Crippen LogP contribution in [0.15, 0.2) is 0 Å². The van der Waals surface area contributed by atoms with Crippen molar-refractivity contribution in [1.82, 2.24) is 0 Å². The topological polar surface area (TPSA) is 0 Å². The van der Waals surface area contributed by atoms with Crippen molar-refractivity contribution in [3.63, 3.8) is 0 Å². The predicted molar refractivity (Wildman–Crippen MR) is 35.9 cm³/mol. The monoisotopic (exact) mass is 109 g/mol. The van der Waals surface area contributed by atoms with Crippen molar-refractivity contribution < 1.29 is 0 Å². The fourth-order valence-electron chi connectivity index (χ4n) is 0.640. The molecule has 0 spiro atoms. The third-order valence-electron chi connectivity index (χ3n) is 1.16. The second kappa shape index (κ2) is 6.78. The van der Waals surface area contributed by atoms with Gasteiger partial charge in [0.05, 0.1) is 0 Å². The van der Waals surface area contributed by atoms with Gasteiger partial charge in [-0.2, -0.15) is 0 Å².